The normalized spacial score (nSPS) is 15.2. The number of anilines is 1. The van der Waals surface area contributed by atoms with Gasteiger partial charge in [0.25, 0.3) is 11.8 Å². The van der Waals surface area contributed by atoms with Crippen molar-refractivity contribution in [3.8, 4) is 0 Å². The van der Waals surface area contributed by atoms with E-state index in [1.807, 2.05) is 36.4 Å². The van der Waals surface area contributed by atoms with Crippen LogP contribution in [0.5, 0.6) is 0 Å². The highest BCUT2D eigenvalue weighted by Crippen LogP contribution is 2.33. The molecule has 1 N–H and O–H groups in total. The maximum atomic E-state index is 12.5. The predicted molar refractivity (Wildman–Crippen MR) is 107 cm³/mol. The Balaban J connectivity index is 1.54. The molecule has 0 spiro atoms. The highest BCUT2D eigenvalue weighted by molar-refractivity contribution is 6.26. The van der Waals surface area contributed by atoms with E-state index in [9.17, 15) is 9.59 Å². The number of nitrogens with zero attached hydrogens (tertiary/aromatic N) is 2. The van der Waals surface area contributed by atoms with Gasteiger partial charge in [-0.3, -0.25) is 19.4 Å². The summed E-state index contributed by atoms with van der Waals surface area (Å²) in [6.07, 6.45) is 5.99. The minimum absolute atomic E-state index is 0.249. The molecule has 1 aliphatic carbocycles. The smallest absolute Gasteiger partial charge is 0.261 e. The molecule has 2 aromatic rings. The first-order valence-corrected chi connectivity index (χ1v) is 8.99. The number of carbonyl (C=O) groups excluding carboxylic acids is 2. The number of amides is 2. The Hall–Kier alpha value is -3.14. The molecule has 5 nitrogen and oxygen atoms in total. The summed E-state index contributed by atoms with van der Waals surface area (Å²) in [4.78, 5) is 28.3. The van der Waals surface area contributed by atoms with E-state index >= 15 is 0 Å². The van der Waals surface area contributed by atoms with Crippen molar-refractivity contribution < 1.29 is 9.59 Å². The van der Waals surface area contributed by atoms with Crippen molar-refractivity contribution in [2.24, 2.45) is 0 Å². The van der Waals surface area contributed by atoms with E-state index in [2.05, 4.69) is 29.1 Å². The molecule has 2 amide bonds. The molecule has 136 valence electrons. The van der Waals surface area contributed by atoms with Crippen LogP contribution in [0, 0.1) is 0 Å². The summed E-state index contributed by atoms with van der Waals surface area (Å²) in [6.45, 7) is 2.48. The van der Waals surface area contributed by atoms with Crippen molar-refractivity contribution in [3.63, 3.8) is 0 Å². The van der Waals surface area contributed by atoms with Gasteiger partial charge in [-0.25, -0.2) is 0 Å². The van der Waals surface area contributed by atoms with Crippen LogP contribution in [0.25, 0.3) is 10.8 Å². The van der Waals surface area contributed by atoms with Crippen LogP contribution in [-0.4, -0.2) is 55.3 Å². The predicted octanol–water partition coefficient (Wildman–Crippen LogP) is 3.06. The first kappa shape index (κ1) is 17.3. The zero-order chi connectivity index (χ0) is 19.0. The molecule has 0 saturated carbocycles. The molecular formula is C22H21N3O2. The van der Waals surface area contributed by atoms with Crippen LogP contribution in [0.2, 0.25) is 0 Å². The molecule has 0 bridgehead atoms. The SMILES string of the molecule is CN(CCNc1ccc2c3c(cccc13)C(=O)N(C)C2=O)CC1=C=CC=C1. The van der Waals surface area contributed by atoms with Gasteiger partial charge >= 0.3 is 0 Å². The lowest BCUT2D eigenvalue weighted by Crippen LogP contribution is -2.36. The Labute approximate surface area is 158 Å². The van der Waals surface area contributed by atoms with Crippen LogP contribution < -0.4 is 5.32 Å². The molecule has 4 rings (SSSR count). The second kappa shape index (κ2) is 6.88. The van der Waals surface area contributed by atoms with Crippen LogP contribution in [0.4, 0.5) is 5.69 Å². The summed E-state index contributed by atoms with van der Waals surface area (Å²) in [5.41, 5.74) is 6.49. The van der Waals surface area contributed by atoms with E-state index in [0.717, 1.165) is 36.1 Å². The number of likely N-dealkylation sites (N-methyl/N-ethyl adjacent to an activating group) is 1. The molecule has 2 aliphatic rings. The van der Waals surface area contributed by atoms with Crippen LogP contribution in [0.1, 0.15) is 20.7 Å². The van der Waals surface area contributed by atoms with Gasteiger partial charge in [0.1, 0.15) is 0 Å². The van der Waals surface area contributed by atoms with Crippen LogP contribution in [-0.2, 0) is 0 Å². The van der Waals surface area contributed by atoms with E-state index < -0.39 is 0 Å². The van der Waals surface area contributed by atoms with Gasteiger partial charge < -0.3 is 5.32 Å². The topological polar surface area (TPSA) is 52.7 Å². The summed E-state index contributed by atoms with van der Waals surface area (Å²) < 4.78 is 0. The lowest BCUT2D eigenvalue weighted by atomic mass is 9.93. The van der Waals surface area contributed by atoms with Crippen LogP contribution in [0.15, 0.2) is 59.9 Å². The molecule has 27 heavy (non-hydrogen) atoms. The summed E-state index contributed by atoms with van der Waals surface area (Å²) in [5.74, 6) is -0.498. The summed E-state index contributed by atoms with van der Waals surface area (Å²) >= 11 is 0. The minimum atomic E-state index is -0.249. The lowest BCUT2D eigenvalue weighted by molar-refractivity contribution is 0.0651. The Kier molecular flexibility index (Phi) is 4.40. The van der Waals surface area contributed by atoms with Crippen molar-refractivity contribution in [1.82, 2.24) is 9.80 Å². The van der Waals surface area contributed by atoms with Gasteiger partial charge in [-0.2, -0.15) is 0 Å². The largest absolute Gasteiger partial charge is 0.383 e. The number of carbonyl (C=O) groups is 2. The number of hydrogen-bond donors (Lipinski definition) is 1. The molecule has 0 radical (unpaired) electrons. The van der Waals surface area contributed by atoms with E-state index in [0.29, 0.717) is 11.1 Å². The van der Waals surface area contributed by atoms with E-state index in [4.69, 9.17) is 0 Å². The molecular weight excluding hydrogens is 338 g/mol. The average molecular weight is 359 g/mol. The van der Waals surface area contributed by atoms with Gasteiger partial charge in [0.2, 0.25) is 0 Å². The van der Waals surface area contributed by atoms with Gasteiger partial charge in [-0.15, -0.1) is 5.73 Å². The van der Waals surface area contributed by atoms with E-state index in [1.165, 1.54) is 17.5 Å². The highest BCUT2D eigenvalue weighted by atomic mass is 16.2. The quantitative estimate of drug-likeness (QED) is 0.636. The van der Waals surface area contributed by atoms with Crippen molar-refractivity contribution in [2.45, 2.75) is 0 Å². The fraction of sp³-hybridized carbons (Fsp3) is 0.227. The molecule has 0 saturated heterocycles. The molecule has 1 aliphatic heterocycles. The second-order valence-electron chi connectivity index (χ2n) is 6.92. The fourth-order valence-corrected chi connectivity index (χ4v) is 3.59. The number of hydrogen-bond acceptors (Lipinski definition) is 4. The minimum Gasteiger partial charge on any atom is -0.383 e. The Bertz CT molecular complexity index is 1020. The molecule has 0 atom stereocenters. The van der Waals surface area contributed by atoms with Gasteiger partial charge in [-0.05, 0) is 37.4 Å². The standard InChI is InChI=1S/C22H21N3O2/c1-24(14-15-6-3-4-7-15)13-12-23-19-11-10-18-20-16(19)8-5-9-17(20)21(26)25(2)22(18)27/h3-6,8-11,23H,12-14H2,1-2H3. The molecule has 0 fully saturated rings. The third kappa shape index (κ3) is 3.08. The zero-order valence-electron chi connectivity index (χ0n) is 15.5. The summed E-state index contributed by atoms with van der Waals surface area (Å²) in [7, 11) is 3.60. The van der Waals surface area contributed by atoms with Crippen LogP contribution >= 0.6 is 0 Å². The first-order chi connectivity index (χ1) is 13.1. The summed E-state index contributed by atoms with van der Waals surface area (Å²) in [6, 6.07) is 9.34. The van der Waals surface area contributed by atoms with Gasteiger partial charge in [0.05, 0.1) is 0 Å². The number of rotatable bonds is 6. The van der Waals surface area contributed by atoms with Gasteiger partial charge in [0.15, 0.2) is 0 Å². The first-order valence-electron chi connectivity index (χ1n) is 8.99. The molecule has 0 aromatic heterocycles. The fourth-order valence-electron chi connectivity index (χ4n) is 3.59. The Morgan fingerprint density at radius 3 is 2.63 bits per heavy atom. The number of benzene rings is 2. The number of imide groups is 1. The third-order valence-electron chi connectivity index (χ3n) is 5.02. The maximum Gasteiger partial charge on any atom is 0.261 e. The van der Waals surface area contributed by atoms with Crippen molar-refractivity contribution in [3.05, 3.63) is 71.0 Å². The van der Waals surface area contributed by atoms with Gasteiger partial charge in [-0.1, -0.05) is 18.2 Å². The van der Waals surface area contributed by atoms with Gasteiger partial charge in [0, 0.05) is 59.8 Å². The number of allylic oxidation sites excluding steroid dienone is 1. The molecule has 5 heteroatoms. The van der Waals surface area contributed by atoms with E-state index in [-0.39, 0.29) is 11.8 Å². The monoisotopic (exact) mass is 359 g/mol. The zero-order valence-corrected chi connectivity index (χ0v) is 15.5. The Morgan fingerprint density at radius 1 is 1.11 bits per heavy atom. The van der Waals surface area contributed by atoms with E-state index in [1.54, 1.807) is 6.07 Å². The average Bonchev–Trinajstić information content (AvgIpc) is 3.17. The Morgan fingerprint density at radius 2 is 1.89 bits per heavy atom. The van der Waals surface area contributed by atoms with Crippen molar-refractivity contribution in [1.29, 1.82) is 0 Å². The van der Waals surface area contributed by atoms with Crippen molar-refractivity contribution in [2.75, 3.05) is 39.0 Å². The highest BCUT2D eigenvalue weighted by Gasteiger charge is 2.30. The number of nitrogens with one attached hydrogen (secondary N) is 1. The van der Waals surface area contributed by atoms with Crippen molar-refractivity contribution >= 4 is 28.3 Å². The molecule has 0 unspecified atom stereocenters. The second-order valence-corrected chi connectivity index (χ2v) is 6.92. The lowest BCUT2D eigenvalue weighted by Gasteiger charge is -2.25. The molecule has 2 aromatic carbocycles. The third-order valence-corrected chi connectivity index (χ3v) is 5.02. The van der Waals surface area contributed by atoms with Crippen LogP contribution in [0.3, 0.4) is 0 Å². The maximum absolute atomic E-state index is 12.5. The summed E-state index contributed by atoms with van der Waals surface area (Å²) in [5, 5.41) is 5.11. The molecule has 1 heterocycles.